The molecule has 0 radical (unpaired) electrons. The monoisotopic (exact) mass is 519 g/mol. The summed E-state index contributed by atoms with van der Waals surface area (Å²) in [6, 6.07) is 17.6. The molecule has 0 bridgehead atoms. The lowest BCUT2D eigenvalue weighted by Crippen LogP contribution is -2.42. The Labute approximate surface area is 206 Å². The summed E-state index contributed by atoms with van der Waals surface area (Å²) in [5.41, 5.74) is 2.31. The first-order valence-electron chi connectivity index (χ1n) is 12.2. The highest BCUT2D eigenvalue weighted by Crippen LogP contribution is 2.30. The highest BCUT2D eigenvalue weighted by atomic mass is 79.9. The zero-order chi connectivity index (χ0) is 23.3. The van der Waals surface area contributed by atoms with Gasteiger partial charge in [0.2, 0.25) is 0 Å². The number of hydrogen-bond acceptors (Lipinski definition) is 5. The molecule has 2 fully saturated rings. The van der Waals surface area contributed by atoms with Crippen LogP contribution in [0.2, 0.25) is 0 Å². The van der Waals surface area contributed by atoms with Gasteiger partial charge in [-0.3, -0.25) is 4.90 Å². The lowest BCUT2D eigenvalue weighted by molar-refractivity contribution is -0.162. The molecule has 2 aromatic carbocycles. The second kappa shape index (κ2) is 14.7. The van der Waals surface area contributed by atoms with Crippen LogP contribution in [-0.4, -0.2) is 59.1 Å². The van der Waals surface area contributed by atoms with Gasteiger partial charge in [-0.2, -0.15) is 0 Å². The number of benzene rings is 2. The molecule has 0 aromatic heterocycles. The summed E-state index contributed by atoms with van der Waals surface area (Å²) in [5, 5.41) is 21.1. The summed E-state index contributed by atoms with van der Waals surface area (Å²) < 4.78 is 11.0. The Hall–Kier alpha value is -1.44. The van der Waals surface area contributed by atoms with Gasteiger partial charge in [0.25, 0.3) is 0 Å². The number of aliphatic hydroxyl groups is 1. The molecule has 0 amide bonds. The van der Waals surface area contributed by atoms with E-state index in [-0.39, 0.29) is 24.1 Å². The van der Waals surface area contributed by atoms with E-state index in [4.69, 9.17) is 9.47 Å². The maximum Gasteiger partial charge on any atom is 0.157 e. The van der Waals surface area contributed by atoms with Gasteiger partial charge in [-0.1, -0.05) is 58.4 Å². The second-order valence-electron chi connectivity index (χ2n) is 8.84. The number of halogens is 1. The number of aliphatic hydroxyl groups excluding tert-OH is 1. The minimum absolute atomic E-state index is 0.0917. The Balaban J connectivity index is 0.000000218. The SMILES string of the molecule is BrCCCCOC1CCCCO1.Oc1cccc(C2CCN(Cc3ccccc3)CC2O)c1. The van der Waals surface area contributed by atoms with Crippen molar-refractivity contribution in [3.8, 4) is 5.75 Å². The molecule has 6 heteroatoms. The Bertz CT molecular complexity index is 785. The van der Waals surface area contributed by atoms with Gasteiger partial charge in [-0.15, -0.1) is 0 Å². The lowest BCUT2D eigenvalue weighted by Gasteiger charge is -2.36. The molecule has 0 aliphatic carbocycles. The molecule has 3 unspecified atom stereocenters. The molecule has 2 aliphatic heterocycles. The molecule has 2 N–H and O–H groups in total. The van der Waals surface area contributed by atoms with Crippen molar-refractivity contribution in [2.75, 3.05) is 31.6 Å². The Morgan fingerprint density at radius 2 is 1.88 bits per heavy atom. The largest absolute Gasteiger partial charge is 0.508 e. The summed E-state index contributed by atoms with van der Waals surface area (Å²) in [7, 11) is 0. The van der Waals surface area contributed by atoms with Crippen molar-refractivity contribution in [2.24, 2.45) is 0 Å². The van der Waals surface area contributed by atoms with Gasteiger partial charge >= 0.3 is 0 Å². The van der Waals surface area contributed by atoms with E-state index in [1.807, 2.05) is 30.3 Å². The van der Waals surface area contributed by atoms with Crippen molar-refractivity contribution in [1.82, 2.24) is 4.90 Å². The van der Waals surface area contributed by atoms with E-state index in [0.29, 0.717) is 6.54 Å². The third kappa shape index (κ3) is 9.38. The summed E-state index contributed by atoms with van der Waals surface area (Å²) in [6.07, 6.45) is 6.46. The third-order valence-corrected chi connectivity index (χ3v) is 6.74. The number of likely N-dealkylation sites (tertiary alicyclic amines) is 1. The summed E-state index contributed by atoms with van der Waals surface area (Å²) in [6.45, 7) is 4.24. The number of phenols is 1. The molecule has 2 heterocycles. The number of hydrogen-bond donors (Lipinski definition) is 2. The average Bonchev–Trinajstić information content (AvgIpc) is 2.84. The Morgan fingerprint density at radius 3 is 2.58 bits per heavy atom. The van der Waals surface area contributed by atoms with E-state index in [9.17, 15) is 10.2 Å². The average molecular weight is 521 g/mol. The number of phenolic OH excluding ortho intramolecular Hbond substituents is 1. The van der Waals surface area contributed by atoms with E-state index in [0.717, 1.165) is 56.5 Å². The first-order chi connectivity index (χ1) is 16.2. The van der Waals surface area contributed by atoms with Crippen LogP contribution >= 0.6 is 15.9 Å². The van der Waals surface area contributed by atoms with Crippen molar-refractivity contribution < 1.29 is 19.7 Å². The standard InChI is InChI=1S/C18H21NO2.C9H17BrO2/c20-16-8-4-7-15(11-16)17-9-10-19(13-18(17)21)12-14-5-2-1-3-6-14;10-6-2-4-8-12-9-5-1-3-7-11-9/h1-8,11,17-18,20-21H,9-10,12-13H2;9H,1-8H2. The second-order valence-corrected chi connectivity index (χ2v) is 9.63. The van der Waals surface area contributed by atoms with Crippen molar-refractivity contribution in [1.29, 1.82) is 0 Å². The number of rotatable bonds is 8. The van der Waals surface area contributed by atoms with Gasteiger partial charge in [0.1, 0.15) is 5.75 Å². The lowest BCUT2D eigenvalue weighted by atomic mass is 9.87. The predicted octanol–water partition coefficient (Wildman–Crippen LogP) is 5.45. The van der Waals surface area contributed by atoms with E-state index >= 15 is 0 Å². The van der Waals surface area contributed by atoms with Crippen LogP contribution in [0.5, 0.6) is 5.75 Å². The van der Waals surface area contributed by atoms with E-state index < -0.39 is 0 Å². The van der Waals surface area contributed by atoms with Crippen molar-refractivity contribution >= 4 is 15.9 Å². The maximum absolute atomic E-state index is 10.4. The highest BCUT2D eigenvalue weighted by Gasteiger charge is 2.28. The van der Waals surface area contributed by atoms with Crippen molar-refractivity contribution in [3.05, 3.63) is 65.7 Å². The number of ether oxygens (including phenoxy) is 2. The van der Waals surface area contributed by atoms with E-state index in [1.54, 1.807) is 12.1 Å². The predicted molar refractivity (Wildman–Crippen MR) is 136 cm³/mol. The van der Waals surface area contributed by atoms with Crippen LogP contribution in [0.4, 0.5) is 0 Å². The summed E-state index contributed by atoms with van der Waals surface area (Å²) >= 11 is 3.39. The van der Waals surface area contributed by atoms with Crippen LogP contribution in [0.3, 0.4) is 0 Å². The van der Waals surface area contributed by atoms with Crippen molar-refractivity contribution in [3.63, 3.8) is 0 Å². The van der Waals surface area contributed by atoms with Crippen molar-refractivity contribution in [2.45, 2.75) is 63.4 Å². The molecule has 3 atom stereocenters. The van der Waals surface area contributed by atoms with Gasteiger partial charge in [0.05, 0.1) is 6.10 Å². The quantitative estimate of drug-likeness (QED) is 0.358. The number of unbranched alkanes of at least 4 members (excludes halogenated alkanes) is 1. The number of β-amino-alcohol motifs (C(OH)–C–C–N with tert-alkyl or cyclic N) is 1. The smallest absolute Gasteiger partial charge is 0.157 e. The van der Waals surface area contributed by atoms with Gasteiger partial charge in [0.15, 0.2) is 6.29 Å². The number of piperidine rings is 1. The maximum atomic E-state index is 10.4. The topological polar surface area (TPSA) is 62.2 Å². The zero-order valence-electron chi connectivity index (χ0n) is 19.4. The fourth-order valence-electron chi connectivity index (χ4n) is 4.38. The summed E-state index contributed by atoms with van der Waals surface area (Å²) in [5.74, 6) is 0.385. The van der Waals surface area contributed by atoms with Crippen LogP contribution in [0.1, 0.15) is 55.6 Å². The molecule has 2 aromatic rings. The molecule has 182 valence electrons. The number of alkyl halides is 1. The number of aromatic hydroxyl groups is 1. The normalized spacial score (nSPS) is 23.5. The van der Waals surface area contributed by atoms with Crippen LogP contribution in [0.25, 0.3) is 0 Å². The molecule has 33 heavy (non-hydrogen) atoms. The van der Waals surface area contributed by atoms with Crippen LogP contribution in [0, 0.1) is 0 Å². The van der Waals surface area contributed by atoms with E-state index in [1.165, 1.54) is 24.8 Å². The van der Waals surface area contributed by atoms with Gasteiger partial charge < -0.3 is 19.7 Å². The zero-order valence-corrected chi connectivity index (χ0v) is 21.0. The molecular weight excluding hydrogens is 482 g/mol. The fourth-order valence-corrected chi connectivity index (χ4v) is 4.78. The minimum atomic E-state index is -0.385. The Morgan fingerprint density at radius 1 is 1.03 bits per heavy atom. The van der Waals surface area contributed by atoms with Crippen LogP contribution in [-0.2, 0) is 16.0 Å². The fraction of sp³-hybridized carbons (Fsp3) is 0.556. The molecule has 2 aliphatic rings. The van der Waals surface area contributed by atoms with Gasteiger partial charge in [0, 0.05) is 37.6 Å². The Kier molecular flexibility index (Phi) is 11.7. The first kappa shape index (κ1) is 26.2. The molecule has 4 rings (SSSR count). The van der Waals surface area contributed by atoms with Gasteiger partial charge in [-0.05, 0) is 68.3 Å². The first-order valence-corrected chi connectivity index (χ1v) is 13.3. The van der Waals surface area contributed by atoms with E-state index in [2.05, 4.69) is 33.0 Å². The highest BCUT2D eigenvalue weighted by molar-refractivity contribution is 9.09. The third-order valence-electron chi connectivity index (χ3n) is 6.18. The number of nitrogens with zero attached hydrogens (tertiary/aromatic N) is 1. The molecule has 2 saturated heterocycles. The molecule has 0 spiro atoms. The summed E-state index contributed by atoms with van der Waals surface area (Å²) in [4.78, 5) is 2.29. The van der Waals surface area contributed by atoms with Crippen LogP contribution in [0.15, 0.2) is 54.6 Å². The molecule has 0 saturated carbocycles. The van der Waals surface area contributed by atoms with Gasteiger partial charge in [-0.25, -0.2) is 0 Å². The van der Waals surface area contributed by atoms with Crippen LogP contribution < -0.4 is 0 Å². The minimum Gasteiger partial charge on any atom is -0.508 e. The molecular formula is C27H38BrNO4. The molecule has 5 nitrogen and oxygen atoms in total.